The van der Waals surface area contributed by atoms with Crippen LogP contribution in [0, 0.1) is 0 Å². The third-order valence-electron chi connectivity index (χ3n) is 3.05. The number of hydrogen-bond acceptors (Lipinski definition) is 2. The largest absolute Gasteiger partial charge is 0.350 e. The van der Waals surface area contributed by atoms with Gasteiger partial charge in [-0.15, -0.1) is 0 Å². The second kappa shape index (κ2) is 5.29. The molecule has 2 aromatic carbocycles. The van der Waals surface area contributed by atoms with Crippen molar-refractivity contribution in [2.24, 2.45) is 4.99 Å². The van der Waals surface area contributed by atoms with Crippen molar-refractivity contribution in [3.8, 4) is 0 Å². The van der Waals surface area contributed by atoms with Gasteiger partial charge in [0.05, 0.1) is 11.7 Å². The van der Waals surface area contributed by atoms with E-state index in [4.69, 9.17) is 11.6 Å². The van der Waals surface area contributed by atoms with E-state index in [9.17, 15) is 0 Å². The SMILES string of the molecule is ClC1=NC(c2ccccc2)=CC(c2ccccc2)N1. The highest BCUT2D eigenvalue weighted by Gasteiger charge is 2.16. The molecule has 0 radical (unpaired) electrons. The third-order valence-corrected chi connectivity index (χ3v) is 3.24. The first kappa shape index (κ1) is 12.0. The number of rotatable bonds is 2. The summed E-state index contributed by atoms with van der Waals surface area (Å²) in [5, 5.41) is 3.60. The number of amidine groups is 1. The van der Waals surface area contributed by atoms with Crippen LogP contribution in [-0.2, 0) is 0 Å². The van der Waals surface area contributed by atoms with Crippen molar-refractivity contribution in [2.45, 2.75) is 6.04 Å². The number of aliphatic imine (C=N–C) groups is 1. The van der Waals surface area contributed by atoms with Gasteiger partial charge in [0.1, 0.15) is 0 Å². The van der Waals surface area contributed by atoms with E-state index in [0.29, 0.717) is 5.29 Å². The third kappa shape index (κ3) is 2.69. The molecule has 1 heterocycles. The summed E-state index contributed by atoms with van der Waals surface area (Å²) in [6.45, 7) is 0. The Balaban J connectivity index is 1.98. The molecule has 0 saturated heterocycles. The summed E-state index contributed by atoms with van der Waals surface area (Å²) in [5.41, 5.74) is 3.14. The molecule has 0 fully saturated rings. The standard InChI is InChI=1S/C16H13ClN2/c17-16-18-14(12-7-3-1-4-8-12)11-15(19-16)13-9-5-2-6-10-13/h1-11,14H,(H,18,19). The summed E-state index contributed by atoms with van der Waals surface area (Å²) in [6, 6.07) is 20.3. The summed E-state index contributed by atoms with van der Waals surface area (Å²) in [7, 11) is 0. The maximum atomic E-state index is 6.10. The lowest BCUT2D eigenvalue weighted by Crippen LogP contribution is -2.26. The molecule has 0 aromatic heterocycles. The van der Waals surface area contributed by atoms with Gasteiger partial charge in [0, 0.05) is 0 Å². The van der Waals surface area contributed by atoms with Crippen LogP contribution in [0.5, 0.6) is 0 Å². The van der Waals surface area contributed by atoms with Crippen LogP contribution in [0.2, 0.25) is 0 Å². The molecule has 0 aliphatic carbocycles. The Morgan fingerprint density at radius 2 is 1.53 bits per heavy atom. The van der Waals surface area contributed by atoms with Crippen LogP contribution >= 0.6 is 11.6 Å². The minimum atomic E-state index is 0.0569. The van der Waals surface area contributed by atoms with Crippen molar-refractivity contribution in [1.82, 2.24) is 5.32 Å². The second-order valence-corrected chi connectivity index (χ2v) is 4.71. The lowest BCUT2D eigenvalue weighted by Gasteiger charge is -2.21. The fourth-order valence-corrected chi connectivity index (χ4v) is 2.32. The normalized spacial score (nSPS) is 18.3. The zero-order chi connectivity index (χ0) is 13.1. The highest BCUT2D eigenvalue weighted by atomic mass is 35.5. The molecule has 3 rings (SSSR count). The Labute approximate surface area is 117 Å². The van der Waals surface area contributed by atoms with Crippen LogP contribution in [0.15, 0.2) is 71.7 Å². The molecule has 19 heavy (non-hydrogen) atoms. The van der Waals surface area contributed by atoms with Crippen LogP contribution in [0.4, 0.5) is 0 Å². The summed E-state index contributed by atoms with van der Waals surface area (Å²) >= 11 is 6.10. The molecule has 1 unspecified atom stereocenters. The first-order valence-corrected chi connectivity index (χ1v) is 6.53. The van der Waals surface area contributed by atoms with E-state index in [1.54, 1.807) is 0 Å². The molecule has 1 aliphatic rings. The van der Waals surface area contributed by atoms with Gasteiger partial charge in [-0.2, -0.15) is 0 Å². The van der Waals surface area contributed by atoms with Crippen molar-refractivity contribution >= 4 is 22.6 Å². The summed E-state index contributed by atoms with van der Waals surface area (Å²) in [4.78, 5) is 4.36. The van der Waals surface area contributed by atoms with E-state index in [2.05, 4.69) is 28.5 Å². The predicted molar refractivity (Wildman–Crippen MR) is 80.0 cm³/mol. The molecule has 2 nitrogen and oxygen atoms in total. The topological polar surface area (TPSA) is 24.4 Å². The van der Waals surface area contributed by atoms with Gasteiger partial charge in [-0.1, -0.05) is 60.7 Å². The van der Waals surface area contributed by atoms with Crippen molar-refractivity contribution in [3.63, 3.8) is 0 Å². The van der Waals surface area contributed by atoms with Gasteiger partial charge in [-0.3, -0.25) is 0 Å². The number of benzene rings is 2. The van der Waals surface area contributed by atoms with Gasteiger partial charge in [0.25, 0.3) is 0 Å². The minimum Gasteiger partial charge on any atom is -0.350 e. The lowest BCUT2D eigenvalue weighted by atomic mass is 10.0. The van der Waals surface area contributed by atoms with E-state index < -0.39 is 0 Å². The second-order valence-electron chi connectivity index (χ2n) is 4.35. The summed E-state index contributed by atoms with van der Waals surface area (Å²) < 4.78 is 0. The molecular weight excluding hydrogens is 256 g/mol. The molecule has 1 aliphatic heterocycles. The van der Waals surface area contributed by atoms with Crippen LogP contribution in [-0.4, -0.2) is 5.29 Å². The molecule has 0 amide bonds. The van der Waals surface area contributed by atoms with E-state index in [0.717, 1.165) is 11.3 Å². The Morgan fingerprint density at radius 3 is 2.21 bits per heavy atom. The monoisotopic (exact) mass is 268 g/mol. The molecule has 3 heteroatoms. The quantitative estimate of drug-likeness (QED) is 0.819. The summed E-state index contributed by atoms with van der Waals surface area (Å²) in [6.07, 6.45) is 2.09. The van der Waals surface area contributed by atoms with Crippen LogP contribution < -0.4 is 5.32 Å². The molecular formula is C16H13ClN2. The first-order valence-electron chi connectivity index (χ1n) is 6.16. The van der Waals surface area contributed by atoms with E-state index in [1.165, 1.54) is 5.56 Å². The van der Waals surface area contributed by atoms with E-state index in [1.807, 2.05) is 48.5 Å². The Kier molecular flexibility index (Phi) is 3.34. The Morgan fingerprint density at radius 1 is 0.895 bits per heavy atom. The van der Waals surface area contributed by atoms with Crippen molar-refractivity contribution in [1.29, 1.82) is 0 Å². The average molecular weight is 269 g/mol. The molecule has 2 aromatic rings. The van der Waals surface area contributed by atoms with Crippen molar-refractivity contribution in [2.75, 3.05) is 0 Å². The molecule has 0 bridgehead atoms. The van der Waals surface area contributed by atoms with Gasteiger partial charge >= 0.3 is 0 Å². The molecule has 0 saturated carbocycles. The highest BCUT2D eigenvalue weighted by Crippen LogP contribution is 2.26. The fraction of sp³-hybridized carbons (Fsp3) is 0.0625. The zero-order valence-corrected chi connectivity index (χ0v) is 11.0. The maximum absolute atomic E-state index is 6.10. The molecule has 1 atom stereocenters. The Hall–Kier alpha value is -2.06. The number of hydrogen-bond donors (Lipinski definition) is 1. The predicted octanol–water partition coefficient (Wildman–Crippen LogP) is 3.97. The van der Waals surface area contributed by atoms with Crippen LogP contribution in [0.25, 0.3) is 5.70 Å². The van der Waals surface area contributed by atoms with Gasteiger partial charge in [0.2, 0.25) is 0 Å². The fourth-order valence-electron chi connectivity index (χ4n) is 2.11. The van der Waals surface area contributed by atoms with Crippen molar-refractivity contribution in [3.05, 3.63) is 77.9 Å². The minimum absolute atomic E-state index is 0.0569. The number of nitrogens with zero attached hydrogens (tertiary/aromatic N) is 1. The van der Waals surface area contributed by atoms with E-state index in [-0.39, 0.29) is 6.04 Å². The number of halogens is 1. The number of nitrogens with one attached hydrogen (secondary N) is 1. The van der Waals surface area contributed by atoms with Gasteiger partial charge in [-0.05, 0) is 28.8 Å². The van der Waals surface area contributed by atoms with Gasteiger partial charge < -0.3 is 5.32 Å². The molecule has 1 N–H and O–H groups in total. The smallest absolute Gasteiger partial charge is 0.197 e. The first-order chi connectivity index (χ1) is 9.33. The highest BCUT2D eigenvalue weighted by molar-refractivity contribution is 6.65. The summed E-state index contributed by atoms with van der Waals surface area (Å²) in [5.74, 6) is 0. The molecule has 94 valence electrons. The van der Waals surface area contributed by atoms with Crippen LogP contribution in [0.3, 0.4) is 0 Å². The average Bonchev–Trinajstić information content (AvgIpc) is 2.48. The molecule has 0 spiro atoms. The van der Waals surface area contributed by atoms with Crippen molar-refractivity contribution < 1.29 is 0 Å². The maximum Gasteiger partial charge on any atom is 0.197 e. The Bertz CT molecular complexity index is 618. The van der Waals surface area contributed by atoms with E-state index >= 15 is 0 Å². The van der Waals surface area contributed by atoms with Gasteiger partial charge in [-0.25, -0.2) is 4.99 Å². The lowest BCUT2D eigenvalue weighted by molar-refractivity contribution is 0.789. The zero-order valence-electron chi connectivity index (χ0n) is 10.3. The van der Waals surface area contributed by atoms with Crippen LogP contribution in [0.1, 0.15) is 17.2 Å². The van der Waals surface area contributed by atoms with Gasteiger partial charge in [0.15, 0.2) is 5.29 Å².